The fourth-order valence-corrected chi connectivity index (χ4v) is 3.18. The molecular weight excluding hydrogens is 246 g/mol. The number of aryl methyl sites for hydroxylation is 1. The molecule has 0 fully saturated rings. The molecule has 1 aliphatic carbocycles. The van der Waals surface area contributed by atoms with Gasteiger partial charge in [-0.05, 0) is 37.8 Å². The van der Waals surface area contributed by atoms with Crippen molar-refractivity contribution in [2.75, 3.05) is 0 Å². The van der Waals surface area contributed by atoms with Crippen molar-refractivity contribution in [3.05, 3.63) is 29.1 Å². The smallest absolute Gasteiger partial charge is 0.167 e. The molecule has 0 aliphatic heterocycles. The Bertz CT molecular complexity index is 466. The van der Waals surface area contributed by atoms with Gasteiger partial charge in [0.2, 0.25) is 0 Å². The number of nitrogens with zero attached hydrogens (tertiary/aromatic N) is 1. The predicted molar refractivity (Wildman–Crippen MR) is 83.2 cm³/mol. The minimum atomic E-state index is 0.157. The van der Waals surface area contributed by atoms with Crippen LogP contribution in [0.1, 0.15) is 87.0 Å². The van der Waals surface area contributed by atoms with Gasteiger partial charge >= 0.3 is 0 Å². The molecule has 2 atom stereocenters. The Balaban J connectivity index is 2.14. The molecule has 2 rings (SSSR count). The molecule has 0 saturated heterocycles. The maximum Gasteiger partial charge on any atom is 0.167 e. The van der Waals surface area contributed by atoms with E-state index in [0.717, 1.165) is 30.5 Å². The average Bonchev–Trinajstić information content (AvgIpc) is 2.47. The summed E-state index contributed by atoms with van der Waals surface area (Å²) in [5.41, 5.74) is 3.12. The van der Waals surface area contributed by atoms with E-state index in [1.54, 1.807) is 0 Å². The van der Waals surface area contributed by atoms with Crippen molar-refractivity contribution in [3.63, 3.8) is 0 Å². The molecule has 0 unspecified atom stereocenters. The van der Waals surface area contributed by atoms with E-state index in [2.05, 4.69) is 19.9 Å². The van der Waals surface area contributed by atoms with E-state index in [4.69, 9.17) is 4.98 Å². The highest BCUT2D eigenvalue weighted by Crippen LogP contribution is 2.35. The minimum absolute atomic E-state index is 0.157. The van der Waals surface area contributed by atoms with Crippen LogP contribution in [0.4, 0.5) is 0 Å². The second-order valence-corrected chi connectivity index (χ2v) is 6.15. The maximum absolute atomic E-state index is 12.2. The number of carbonyl (C=O) groups is 1. The molecule has 0 saturated carbocycles. The van der Waals surface area contributed by atoms with E-state index in [1.165, 1.54) is 31.4 Å². The van der Waals surface area contributed by atoms with Crippen LogP contribution in [0.15, 0.2) is 12.1 Å². The van der Waals surface area contributed by atoms with Gasteiger partial charge in [0.25, 0.3) is 0 Å². The van der Waals surface area contributed by atoms with Gasteiger partial charge < -0.3 is 0 Å². The molecule has 1 aromatic heterocycles. The molecule has 2 nitrogen and oxygen atoms in total. The minimum Gasteiger partial charge on any atom is -0.294 e. The molecule has 1 aliphatic rings. The first-order valence-electron chi connectivity index (χ1n) is 8.21. The van der Waals surface area contributed by atoms with Gasteiger partial charge in [-0.25, -0.2) is 0 Å². The number of aromatic nitrogens is 1. The van der Waals surface area contributed by atoms with Crippen molar-refractivity contribution < 1.29 is 4.79 Å². The van der Waals surface area contributed by atoms with Crippen LogP contribution in [0.25, 0.3) is 0 Å². The summed E-state index contributed by atoms with van der Waals surface area (Å²) in [4.78, 5) is 17.1. The van der Waals surface area contributed by atoms with E-state index in [1.807, 2.05) is 13.0 Å². The lowest BCUT2D eigenvalue weighted by molar-refractivity contribution is 0.0902. The van der Waals surface area contributed by atoms with Gasteiger partial charge in [0, 0.05) is 23.1 Å². The summed E-state index contributed by atoms with van der Waals surface area (Å²) in [7, 11) is 0. The third kappa shape index (κ3) is 3.28. The summed E-state index contributed by atoms with van der Waals surface area (Å²) in [5, 5.41) is 0. The molecule has 2 heteroatoms. The largest absolute Gasteiger partial charge is 0.294 e. The number of fused-ring (bicyclic) bond motifs is 1. The van der Waals surface area contributed by atoms with Crippen LogP contribution in [-0.2, 0) is 6.42 Å². The number of ketones is 1. The van der Waals surface area contributed by atoms with Crippen LogP contribution in [0.3, 0.4) is 0 Å². The Hall–Kier alpha value is -1.18. The first kappa shape index (κ1) is 15.2. The van der Waals surface area contributed by atoms with E-state index in [-0.39, 0.29) is 11.7 Å². The highest BCUT2D eigenvalue weighted by molar-refractivity contribution is 5.99. The Labute approximate surface area is 123 Å². The van der Waals surface area contributed by atoms with E-state index < -0.39 is 0 Å². The van der Waals surface area contributed by atoms with Crippen LogP contribution in [0.2, 0.25) is 0 Å². The molecule has 110 valence electrons. The van der Waals surface area contributed by atoms with Gasteiger partial charge in [0.15, 0.2) is 5.78 Å². The van der Waals surface area contributed by atoms with Crippen molar-refractivity contribution in [1.82, 2.24) is 4.98 Å². The third-order valence-corrected chi connectivity index (χ3v) is 4.50. The van der Waals surface area contributed by atoms with E-state index in [9.17, 15) is 4.79 Å². The fraction of sp³-hybridized carbons (Fsp3) is 0.667. The molecule has 0 amide bonds. The summed E-state index contributed by atoms with van der Waals surface area (Å²) in [6.07, 6.45) is 8.16. The summed E-state index contributed by atoms with van der Waals surface area (Å²) in [5.74, 6) is 0.910. The lowest BCUT2D eigenvalue weighted by atomic mass is 9.78. The van der Waals surface area contributed by atoms with Crippen LogP contribution in [0, 0.1) is 5.92 Å². The molecule has 0 radical (unpaired) electrons. The number of unbranched alkanes of at least 4 members (excludes halogenated alkanes) is 3. The van der Waals surface area contributed by atoms with Gasteiger partial charge in [-0.1, -0.05) is 40.0 Å². The topological polar surface area (TPSA) is 30.0 Å². The monoisotopic (exact) mass is 273 g/mol. The molecule has 0 N–H and O–H groups in total. The van der Waals surface area contributed by atoms with Crippen molar-refractivity contribution >= 4 is 5.78 Å². The zero-order valence-electron chi connectivity index (χ0n) is 13.1. The quantitative estimate of drug-likeness (QED) is 0.688. The third-order valence-electron chi connectivity index (χ3n) is 4.50. The summed E-state index contributed by atoms with van der Waals surface area (Å²) < 4.78 is 0. The molecule has 0 spiro atoms. The van der Waals surface area contributed by atoms with Crippen LogP contribution in [0.5, 0.6) is 0 Å². The molecule has 1 aromatic rings. The number of pyridine rings is 1. The average molecular weight is 273 g/mol. The lowest BCUT2D eigenvalue weighted by Gasteiger charge is -2.27. The summed E-state index contributed by atoms with van der Waals surface area (Å²) in [6.45, 7) is 6.48. The highest BCUT2D eigenvalue weighted by Gasteiger charge is 2.31. The van der Waals surface area contributed by atoms with Crippen LogP contribution >= 0.6 is 0 Å². The van der Waals surface area contributed by atoms with Gasteiger partial charge in [0.1, 0.15) is 0 Å². The van der Waals surface area contributed by atoms with Gasteiger partial charge in [0.05, 0.1) is 5.69 Å². The molecule has 0 aromatic carbocycles. The Kier molecular flexibility index (Phi) is 5.33. The number of hydrogen-bond donors (Lipinski definition) is 0. The number of carbonyl (C=O) groups excluding carboxylic acids is 1. The van der Waals surface area contributed by atoms with Crippen molar-refractivity contribution in [1.29, 1.82) is 0 Å². The SMILES string of the molecule is CCCCCCc1ccc2c(n1)[C@@H](CC)C[C@@H](C)C2=O. The van der Waals surface area contributed by atoms with E-state index >= 15 is 0 Å². The zero-order valence-corrected chi connectivity index (χ0v) is 13.1. The number of rotatable bonds is 6. The van der Waals surface area contributed by atoms with E-state index in [0.29, 0.717) is 5.92 Å². The maximum atomic E-state index is 12.2. The summed E-state index contributed by atoms with van der Waals surface area (Å²) in [6, 6.07) is 4.09. The van der Waals surface area contributed by atoms with Crippen molar-refractivity contribution in [2.24, 2.45) is 5.92 Å². The molecular formula is C18H27NO. The first-order valence-corrected chi connectivity index (χ1v) is 8.21. The Morgan fingerprint density at radius 1 is 1.20 bits per heavy atom. The Morgan fingerprint density at radius 3 is 2.70 bits per heavy atom. The van der Waals surface area contributed by atoms with Gasteiger partial charge in [-0.15, -0.1) is 0 Å². The fourth-order valence-electron chi connectivity index (χ4n) is 3.18. The van der Waals surface area contributed by atoms with Crippen LogP contribution < -0.4 is 0 Å². The lowest BCUT2D eigenvalue weighted by Crippen LogP contribution is -2.25. The summed E-state index contributed by atoms with van der Waals surface area (Å²) >= 11 is 0. The molecule has 20 heavy (non-hydrogen) atoms. The van der Waals surface area contributed by atoms with Gasteiger partial charge in [-0.2, -0.15) is 0 Å². The van der Waals surface area contributed by atoms with Crippen molar-refractivity contribution in [2.45, 2.75) is 71.6 Å². The van der Waals surface area contributed by atoms with Crippen molar-refractivity contribution in [3.8, 4) is 0 Å². The predicted octanol–water partition coefficient (Wildman–Crippen LogP) is 4.92. The van der Waals surface area contributed by atoms with Gasteiger partial charge in [-0.3, -0.25) is 9.78 Å². The van der Waals surface area contributed by atoms with Crippen LogP contribution in [-0.4, -0.2) is 10.8 Å². The Morgan fingerprint density at radius 2 is 2.00 bits per heavy atom. The number of Topliss-reactive ketones (excluding diaryl/α,β-unsaturated/α-hetero) is 1. The normalized spacial score (nSPS) is 21.9. The highest BCUT2D eigenvalue weighted by atomic mass is 16.1. The zero-order chi connectivity index (χ0) is 14.5. The second-order valence-electron chi connectivity index (χ2n) is 6.15. The molecule has 0 bridgehead atoms. The number of hydrogen-bond acceptors (Lipinski definition) is 2. The molecule has 1 heterocycles. The first-order chi connectivity index (χ1) is 9.67. The standard InChI is InChI=1S/C18H27NO/c1-4-6-7-8-9-15-10-11-16-17(19-15)14(5-2)12-13(3)18(16)20/h10-11,13-14H,4-9,12H2,1-3H3/t13-,14+/m1/s1. The second kappa shape index (κ2) is 7.01.